The molecule has 1 saturated heterocycles. The summed E-state index contributed by atoms with van der Waals surface area (Å²) in [5, 5.41) is 13.3. The fourth-order valence-corrected chi connectivity index (χ4v) is 2.42. The van der Waals surface area contributed by atoms with E-state index in [0.717, 1.165) is 16.7 Å². The Balaban J connectivity index is 2.20. The Hall–Kier alpha value is -0.580. The lowest BCUT2D eigenvalue weighted by atomic mass is 10.1. The summed E-state index contributed by atoms with van der Waals surface area (Å²) in [5.41, 5.74) is 1.17. The molecule has 0 aliphatic carbocycles. The van der Waals surface area contributed by atoms with Crippen molar-refractivity contribution in [1.82, 2.24) is 5.32 Å². The SMILES string of the molecule is CC1(C)CN(c2ccc(Br)cc2)CC(O)CN1. The smallest absolute Gasteiger partial charge is 0.0839 e. The van der Waals surface area contributed by atoms with Gasteiger partial charge in [0.25, 0.3) is 0 Å². The molecule has 1 aromatic rings. The van der Waals surface area contributed by atoms with Gasteiger partial charge in [-0.3, -0.25) is 0 Å². The first-order valence-corrected chi connectivity index (χ1v) is 6.69. The molecule has 0 saturated carbocycles. The van der Waals surface area contributed by atoms with Crippen LogP contribution in [0.1, 0.15) is 13.8 Å². The van der Waals surface area contributed by atoms with Gasteiger partial charge >= 0.3 is 0 Å². The number of anilines is 1. The Morgan fingerprint density at radius 1 is 1.35 bits per heavy atom. The Bertz CT molecular complexity index is 378. The molecule has 1 aromatic carbocycles. The van der Waals surface area contributed by atoms with Gasteiger partial charge in [-0.05, 0) is 38.1 Å². The van der Waals surface area contributed by atoms with E-state index in [1.54, 1.807) is 0 Å². The molecule has 17 heavy (non-hydrogen) atoms. The molecule has 2 N–H and O–H groups in total. The second-order valence-corrected chi connectivity index (χ2v) is 6.19. The maximum atomic E-state index is 9.89. The third-order valence-electron chi connectivity index (χ3n) is 3.03. The normalized spacial score (nSPS) is 24.5. The van der Waals surface area contributed by atoms with Crippen molar-refractivity contribution in [1.29, 1.82) is 0 Å². The van der Waals surface area contributed by atoms with Gasteiger partial charge in [0.2, 0.25) is 0 Å². The van der Waals surface area contributed by atoms with Crippen molar-refractivity contribution in [3.05, 3.63) is 28.7 Å². The molecule has 1 fully saturated rings. The molecule has 94 valence electrons. The predicted octanol–water partition coefficient (Wildman–Crippen LogP) is 2.00. The van der Waals surface area contributed by atoms with Gasteiger partial charge in [0, 0.05) is 35.3 Å². The van der Waals surface area contributed by atoms with Crippen LogP contribution in [0.25, 0.3) is 0 Å². The molecule has 4 heteroatoms. The van der Waals surface area contributed by atoms with Crippen LogP contribution in [-0.2, 0) is 0 Å². The van der Waals surface area contributed by atoms with Crippen LogP contribution >= 0.6 is 15.9 Å². The van der Waals surface area contributed by atoms with E-state index in [-0.39, 0.29) is 11.6 Å². The first-order chi connectivity index (χ1) is 7.96. The molecule has 3 nitrogen and oxygen atoms in total. The number of β-amino-alcohol motifs (C(OH)–C–C–N with tert-alkyl or cyclic N) is 1. The molecule has 0 aromatic heterocycles. The van der Waals surface area contributed by atoms with Crippen molar-refractivity contribution in [2.24, 2.45) is 0 Å². The number of hydrogen-bond donors (Lipinski definition) is 2. The monoisotopic (exact) mass is 298 g/mol. The second-order valence-electron chi connectivity index (χ2n) is 5.28. The van der Waals surface area contributed by atoms with Crippen LogP contribution in [0, 0.1) is 0 Å². The lowest BCUT2D eigenvalue weighted by Crippen LogP contribution is -2.46. The third-order valence-corrected chi connectivity index (χ3v) is 3.55. The van der Waals surface area contributed by atoms with Crippen LogP contribution in [0.2, 0.25) is 0 Å². The summed E-state index contributed by atoms with van der Waals surface area (Å²) in [4.78, 5) is 2.23. The molecular weight excluding hydrogens is 280 g/mol. The van der Waals surface area contributed by atoms with Crippen molar-refractivity contribution >= 4 is 21.6 Å². The second kappa shape index (κ2) is 4.96. The Kier molecular flexibility index (Phi) is 3.76. The summed E-state index contributed by atoms with van der Waals surface area (Å²) in [6.45, 7) is 6.55. The molecule has 1 aliphatic rings. The number of rotatable bonds is 1. The van der Waals surface area contributed by atoms with Crippen LogP contribution < -0.4 is 10.2 Å². The van der Waals surface area contributed by atoms with E-state index in [1.165, 1.54) is 0 Å². The van der Waals surface area contributed by atoms with Gasteiger partial charge in [-0.25, -0.2) is 0 Å². The standard InChI is InChI=1S/C13H19BrN2O/c1-13(2)9-16(8-12(17)7-15-13)11-5-3-10(14)4-6-11/h3-6,12,15,17H,7-9H2,1-2H3. The van der Waals surface area contributed by atoms with E-state index < -0.39 is 0 Å². The highest BCUT2D eigenvalue weighted by Crippen LogP contribution is 2.22. The largest absolute Gasteiger partial charge is 0.390 e. The molecule has 0 spiro atoms. The van der Waals surface area contributed by atoms with Gasteiger partial charge < -0.3 is 15.3 Å². The van der Waals surface area contributed by atoms with Crippen LogP contribution in [-0.4, -0.2) is 36.4 Å². The maximum Gasteiger partial charge on any atom is 0.0839 e. The zero-order valence-corrected chi connectivity index (χ0v) is 11.9. The predicted molar refractivity (Wildman–Crippen MR) is 74.4 cm³/mol. The third kappa shape index (κ3) is 3.44. The summed E-state index contributed by atoms with van der Waals surface area (Å²) in [5.74, 6) is 0. The molecule has 0 radical (unpaired) electrons. The van der Waals surface area contributed by atoms with Crippen molar-refractivity contribution in [3.63, 3.8) is 0 Å². The highest BCUT2D eigenvalue weighted by atomic mass is 79.9. The summed E-state index contributed by atoms with van der Waals surface area (Å²) in [7, 11) is 0. The van der Waals surface area contributed by atoms with Crippen molar-refractivity contribution < 1.29 is 5.11 Å². The zero-order valence-electron chi connectivity index (χ0n) is 10.3. The molecular formula is C13H19BrN2O. The quantitative estimate of drug-likeness (QED) is 0.832. The number of benzene rings is 1. The number of aliphatic hydroxyl groups is 1. The molecule has 2 rings (SSSR count). The Morgan fingerprint density at radius 2 is 2.00 bits per heavy atom. The Labute approximate surface area is 111 Å². The number of halogens is 1. The molecule has 1 heterocycles. The van der Waals surface area contributed by atoms with E-state index in [2.05, 4.69) is 52.1 Å². The molecule has 0 amide bonds. The first kappa shape index (κ1) is 12.9. The van der Waals surface area contributed by atoms with E-state index in [4.69, 9.17) is 0 Å². The average molecular weight is 299 g/mol. The number of aliphatic hydroxyl groups excluding tert-OH is 1. The zero-order chi connectivity index (χ0) is 12.5. The minimum Gasteiger partial charge on any atom is -0.390 e. The Morgan fingerprint density at radius 3 is 2.65 bits per heavy atom. The number of nitrogens with zero attached hydrogens (tertiary/aromatic N) is 1. The average Bonchev–Trinajstić information content (AvgIpc) is 2.39. The van der Waals surface area contributed by atoms with Crippen LogP contribution in [0.3, 0.4) is 0 Å². The van der Waals surface area contributed by atoms with Crippen LogP contribution in [0.15, 0.2) is 28.7 Å². The van der Waals surface area contributed by atoms with Crippen molar-refractivity contribution in [2.45, 2.75) is 25.5 Å². The number of hydrogen-bond acceptors (Lipinski definition) is 3. The minimum absolute atomic E-state index is 0.0184. The highest BCUT2D eigenvalue weighted by Gasteiger charge is 2.27. The summed E-state index contributed by atoms with van der Waals surface area (Å²) < 4.78 is 1.08. The van der Waals surface area contributed by atoms with E-state index >= 15 is 0 Å². The van der Waals surface area contributed by atoms with E-state index in [9.17, 15) is 5.11 Å². The highest BCUT2D eigenvalue weighted by molar-refractivity contribution is 9.10. The fourth-order valence-electron chi connectivity index (χ4n) is 2.16. The van der Waals surface area contributed by atoms with E-state index in [1.807, 2.05) is 12.1 Å². The van der Waals surface area contributed by atoms with Gasteiger partial charge in [0.05, 0.1) is 6.10 Å². The lowest BCUT2D eigenvalue weighted by molar-refractivity contribution is 0.179. The van der Waals surface area contributed by atoms with Gasteiger partial charge in [-0.1, -0.05) is 15.9 Å². The number of nitrogens with one attached hydrogen (secondary N) is 1. The lowest BCUT2D eigenvalue weighted by Gasteiger charge is -2.31. The summed E-state index contributed by atoms with van der Waals surface area (Å²) in [6, 6.07) is 8.23. The summed E-state index contributed by atoms with van der Waals surface area (Å²) in [6.07, 6.45) is -0.319. The van der Waals surface area contributed by atoms with Crippen LogP contribution in [0.4, 0.5) is 5.69 Å². The first-order valence-electron chi connectivity index (χ1n) is 5.90. The van der Waals surface area contributed by atoms with Gasteiger partial charge in [-0.15, -0.1) is 0 Å². The topological polar surface area (TPSA) is 35.5 Å². The molecule has 1 atom stereocenters. The van der Waals surface area contributed by atoms with E-state index in [0.29, 0.717) is 13.1 Å². The van der Waals surface area contributed by atoms with Gasteiger partial charge in [0.1, 0.15) is 0 Å². The molecule has 0 bridgehead atoms. The maximum absolute atomic E-state index is 9.89. The summed E-state index contributed by atoms with van der Waals surface area (Å²) >= 11 is 3.44. The minimum atomic E-state index is -0.319. The van der Waals surface area contributed by atoms with Gasteiger partial charge in [0.15, 0.2) is 0 Å². The van der Waals surface area contributed by atoms with Crippen LogP contribution in [0.5, 0.6) is 0 Å². The molecule has 1 aliphatic heterocycles. The fraction of sp³-hybridized carbons (Fsp3) is 0.538. The van der Waals surface area contributed by atoms with Gasteiger partial charge in [-0.2, -0.15) is 0 Å². The van der Waals surface area contributed by atoms with Crippen molar-refractivity contribution in [3.8, 4) is 0 Å². The molecule has 1 unspecified atom stereocenters. The van der Waals surface area contributed by atoms with Crippen molar-refractivity contribution in [2.75, 3.05) is 24.5 Å².